The Morgan fingerprint density at radius 2 is 2.33 bits per heavy atom. The van der Waals surface area contributed by atoms with Crippen LogP contribution in [0.25, 0.3) is 0 Å². The predicted molar refractivity (Wildman–Crippen MR) is 55.6 cm³/mol. The van der Waals surface area contributed by atoms with Crippen LogP contribution in [0, 0.1) is 0 Å². The molecular formula is C8H18N2O4S. The number of nitrogens with zero attached hydrogens (tertiary/aromatic N) is 1. The number of hydrogen-bond acceptors (Lipinski definition) is 4. The molecule has 15 heavy (non-hydrogen) atoms. The van der Waals surface area contributed by atoms with Gasteiger partial charge in [0.25, 0.3) is 10.2 Å². The average Bonchev–Trinajstić information content (AvgIpc) is 2.66. The van der Waals surface area contributed by atoms with Gasteiger partial charge in [-0.1, -0.05) is 0 Å². The monoisotopic (exact) mass is 238 g/mol. The van der Waals surface area contributed by atoms with Gasteiger partial charge in [0.05, 0.1) is 13.2 Å². The Labute approximate surface area is 90.4 Å². The molecule has 0 amide bonds. The van der Waals surface area contributed by atoms with Crippen molar-refractivity contribution in [3.8, 4) is 0 Å². The second-order valence-corrected chi connectivity index (χ2v) is 5.19. The maximum absolute atomic E-state index is 11.7. The first kappa shape index (κ1) is 12.9. The van der Waals surface area contributed by atoms with Gasteiger partial charge in [-0.3, -0.25) is 0 Å². The molecule has 6 nitrogen and oxygen atoms in total. The third-order valence-electron chi connectivity index (χ3n) is 2.43. The molecule has 1 fully saturated rings. The molecule has 0 aromatic heterocycles. The summed E-state index contributed by atoms with van der Waals surface area (Å²) in [6, 6.07) is -0.273. The van der Waals surface area contributed by atoms with Crippen LogP contribution in [0.15, 0.2) is 0 Å². The van der Waals surface area contributed by atoms with Crippen molar-refractivity contribution in [2.75, 3.05) is 33.4 Å². The number of hydrogen-bond donors (Lipinski definition) is 2. The number of nitrogens with one attached hydrogen (secondary N) is 1. The largest absolute Gasteiger partial charge is 0.395 e. The molecule has 1 rings (SSSR count). The molecule has 0 unspecified atom stereocenters. The van der Waals surface area contributed by atoms with E-state index in [-0.39, 0.29) is 19.2 Å². The summed E-state index contributed by atoms with van der Waals surface area (Å²) in [6.45, 7) is 0.961. The minimum absolute atomic E-state index is 0.120. The SMILES string of the molecule is COCCNS(=O)(=O)N1CCC[C@@H]1CO. The zero-order chi connectivity index (χ0) is 11.3. The fourth-order valence-corrected chi connectivity index (χ4v) is 3.10. The first-order valence-electron chi connectivity index (χ1n) is 4.98. The summed E-state index contributed by atoms with van der Waals surface area (Å²) in [4.78, 5) is 0. The first-order chi connectivity index (χ1) is 7.11. The molecule has 0 saturated carbocycles. The number of rotatable bonds is 6. The van der Waals surface area contributed by atoms with Crippen LogP contribution >= 0.6 is 0 Å². The molecule has 0 aromatic rings. The van der Waals surface area contributed by atoms with Gasteiger partial charge in [-0.05, 0) is 12.8 Å². The second kappa shape index (κ2) is 5.76. The second-order valence-electron chi connectivity index (χ2n) is 3.48. The predicted octanol–water partition coefficient (Wildman–Crippen LogP) is -1.08. The van der Waals surface area contributed by atoms with Gasteiger partial charge in [0.2, 0.25) is 0 Å². The minimum atomic E-state index is -3.45. The Balaban J connectivity index is 2.52. The zero-order valence-electron chi connectivity index (χ0n) is 8.85. The van der Waals surface area contributed by atoms with Gasteiger partial charge in [-0.2, -0.15) is 17.4 Å². The summed E-state index contributed by atoms with van der Waals surface area (Å²) >= 11 is 0. The normalized spacial score (nSPS) is 23.5. The third-order valence-corrected chi connectivity index (χ3v) is 4.10. The van der Waals surface area contributed by atoms with Crippen molar-refractivity contribution in [2.24, 2.45) is 0 Å². The summed E-state index contributed by atoms with van der Waals surface area (Å²) in [5, 5.41) is 9.01. The highest BCUT2D eigenvalue weighted by atomic mass is 32.2. The van der Waals surface area contributed by atoms with Gasteiger partial charge in [0.15, 0.2) is 0 Å². The summed E-state index contributed by atoms with van der Waals surface area (Å²) in [5.74, 6) is 0. The maximum atomic E-state index is 11.7. The summed E-state index contributed by atoms with van der Waals surface area (Å²) < 4.78 is 32.0. The van der Waals surface area contributed by atoms with Gasteiger partial charge in [0.1, 0.15) is 0 Å². The molecule has 0 aromatic carbocycles. The van der Waals surface area contributed by atoms with E-state index in [9.17, 15) is 8.42 Å². The van der Waals surface area contributed by atoms with Crippen molar-refractivity contribution in [3.63, 3.8) is 0 Å². The van der Waals surface area contributed by atoms with E-state index in [1.165, 1.54) is 11.4 Å². The number of aliphatic hydroxyl groups is 1. The highest BCUT2D eigenvalue weighted by molar-refractivity contribution is 7.87. The molecule has 0 aliphatic carbocycles. The van der Waals surface area contributed by atoms with Crippen molar-refractivity contribution in [1.82, 2.24) is 9.03 Å². The lowest BCUT2D eigenvalue weighted by atomic mass is 10.2. The van der Waals surface area contributed by atoms with Gasteiger partial charge >= 0.3 is 0 Å². The number of methoxy groups -OCH3 is 1. The molecule has 1 heterocycles. The Morgan fingerprint density at radius 1 is 1.60 bits per heavy atom. The van der Waals surface area contributed by atoms with Crippen molar-refractivity contribution in [1.29, 1.82) is 0 Å². The fourth-order valence-electron chi connectivity index (χ4n) is 1.66. The van der Waals surface area contributed by atoms with E-state index in [0.29, 0.717) is 13.2 Å². The molecule has 0 bridgehead atoms. The van der Waals surface area contributed by atoms with E-state index in [1.54, 1.807) is 0 Å². The molecule has 1 aliphatic rings. The molecule has 2 N–H and O–H groups in total. The van der Waals surface area contributed by atoms with Crippen LogP contribution < -0.4 is 4.72 Å². The summed E-state index contributed by atoms with van der Waals surface area (Å²) in [6.07, 6.45) is 1.53. The molecule has 1 atom stereocenters. The third kappa shape index (κ3) is 3.39. The average molecular weight is 238 g/mol. The van der Waals surface area contributed by atoms with Crippen LogP contribution in [-0.4, -0.2) is 57.3 Å². The lowest BCUT2D eigenvalue weighted by Crippen LogP contribution is -2.45. The quantitative estimate of drug-likeness (QED) is 0.577. The smallest absolute Gasteiger partial charge is 0.279 e. The molecule has 7 heteroatoms. The van der Waals surface area contributed by atoms with Crippen LogP contribution in [0.2, 0.25) is 0 Å². The van der Waals surface area contributed by atoms with Gasteiger partial charge in [0, 0.05) is 26.2 Å². The molecule has 1 aliphatic heterocycles. The lowest BCUT2D eigenvalue weighted by molar-refractivity contribution is 0.199. The maximum Gasteiger partial charge on any atom is 0.279 e. The van der Waals surface area contributed by atoms with Gasteiger partial charge in [-0.25, -0.2) is 0 Å². The van der Waals surface area contributed by atoms with Crippen LogP contribution in [0.3, 0.4) is 0 Å². The summed E-state index contributed by atoms with van der Waals surface area (Å²) in [7, 11) is -1.94. The van der Waals surface area contributed by atoms with Crippen molar-refractivity contribution in [3.05, 3.63) is 0 Å². The van der Waals surface area contributed by atoms with Crippen LogP contribution in [0.4, 0.5) is 0 Å². The van der Waals surface area contributed by atoms with Gasteiger partial charge < -0.3 is 9.84 Å². The van der Waals surface area contributed by atoms with E-state index in [2.05, 4.69) is 4.72 Å². The molecule has 90 valence electrons. The topological polar surface area (TPSA) is 78.9 Å². The van der Waals surface area contributed by atoms with Crippen molar-refractivity contribution in [2.45, 2.75) is 18.9 Å². The Bertz CT molecular complexity index is 280. The summed E-state index contributed by atoms with van der Waals surface area (Å²) in [5.41, 5.74) is 0. The number of ether oxygens (including phenoxy) is 1. The zero-order valence-corrected chi connectivity index (χ0v) is 9.66. The Kier molecular flexibility index (Phi) is 4.94. The highest BCUT2D eigenvalue weighted by Gasteiger charge is 2.33. The van der Waals surface area contributed by atoms with E-state index in [4.69, 9.17) is 9.84 Å². The molecule has 1 saturated heterocycles. The highest BCUT2D eigenvalue weighted by Crippen LogP contribution is 2.19. The fraction of sp³-hybridized carbons (Fsp3) is 1.00. The van der Waals surface area contributed by atoms with E-state index in [0.717, 1.165) is 12.8 Å². The molecule has 0 spiro atoms. The standard InChI is InChI=1S/C8H18N2O4S/c1-14-6-4-9-15(12,13)10-5-2-3-8(10)7-11/h8-9,11H,2-7H2,1H3/t8-/m1/s1. The van der Waals surface area contributed by atoms with E-state index in [1.807, 2.05) is 0 Å². The molecular weight excluding hydrogens is 220 g/mol. The van der Waals surface area contributed by atoms with Crippen LogP contribution in [0.1, 0.15) is 12.8 Å². The first-order valence-corrected chi connectivity index (χ1v) is 6.42. The lowest BCUT2D eigenvalue weighted by Gasteiger charge is -2.22. The molecule has 0 radical (unpaired) electrons. The Hall–Kier alpha value is -0.210. The van der Waals surface area contributed by atoms with Crippen LogP contribution in [0.5, 0.6) is 0 Å². The Morgan fingerprint density at radius 3 is 2.93 bits per heavy atom. The minimum Gasteiger partial charge on any atom is -0.395 e. The van der Waals surface area contributed by atoms with Crippen molar-refractivity contribution >= 4 is 10.2 Å². The number of aliphatic hydroxyl groups excluding tert-OH is 1. The van der Waals surface area contributed by atoms with E-state index >= 15 is 0 Å². The van der Waals surface area contributed by atoms with Crippen LogP contribution in [-0.2, 0) is 14.9 Å². The van der Waals surface area contributed by atoms with Crippen molar-refractivity contribution < 1.29 is 18.3 Å². The van der Waals surface area contributed by atoms with Gasteiger partial charge in [-0.15, -0.1) is 0 Å². The van der Waals surface area contributed by atoms with E-state index < -0.39 is 10.2 Å².